The number of fused-ring (bicyclic) bond motifs is 1. The quantitative estimate of drug-likeness (QED) is 0.715. The lowest BCUT2D eigenvalue weighted by atomic mass is 10.1. The molecular weight excluding hydrogens is 365 g/mol. The number of quaternary nitrogens is 1. The third kappa shape index (κ3) is 4.15. The molecule has 2 N–H and O–H groups in total. The lowest BCUT2D eigenvalue weighted by Gasteiger charge is -2.24. The Hall–Kier alpha value is -1.60. The van der Waals surface area contributed by atoms with E-state index in [-0.39, 0.29) is 5.56 Å². The highest BCUT2D eigenvalue weighted by Crippen LogP contribution is 2.34. The first-order valence-electron chi connectivity index (χ1n) is 8.21. The second-order valence-corrected chi connectivity index (χ2v) is 6.77. The summed E-state index contributed by atoms with van der Waals surface area (Å²) in [5.41, 5.74) is 0.964. The highest BCUT2D eigenvalue weighted by Gasteiger charge is 2.15. The van der Waals surface area contributed by atoms with Crippen LogP contribution >= 0.6 is 23.2 Å². The summed E-state index contributed by atoms with van der Waals surface area (Å²) in [5.74, 6) is -1.28. The lowest BCUT2D eigenvalue weighted by molar-refractivity contribution is -0.908. The van der Waals surface area contributed by atoms with E-state index in [9.17, 15) is 9.90 Å². The average Bonchev–Trinajstić information content (AvgIpc) is 2.62. The van der Waals surface area contributed by atoms with Crippen molar-refractivity contribution < 1.29 is 19.5 Å². The summed E-state index contributed by atoms with van der Waals surface area (Å²) in [4.78, 5) is 17.1. The Morgan fingerprint density at radius 3 is 2.80 bits per heavy atom. The van der Waals surface area contributed by atoms with Crippen LogP contribution in [0.3, 0.4) is 0 Å². The van der Waals surface area contributed by atoms with Gasteiger partial charge in [-0.1, -0.05) is 23.2 Å². The number of carbonyl (C=O) groups excluding carboxylic acids is 1. The standard InChI is InChI=1S/C17H19Cl2N3O3/c18-13-3-2-11-15(12(17(23)24)10-21-16(11)14(13)19)20-4-1-5-22-6-8-25-9-7-22/h2-3,10H,1,4-9H2,(H,20,21)(H,23,24). The van der Waals surface area contributed by atoms with Crippen molar-refractivity contribution in [1.29, 1.82) is 0 Å². The number of nitrogens with zero attached hydrogens (tertiary/aromatic N) is 1. The Balaban J connectivity index is 1.77. The number of benzene rings is 1. The van der Waals surface area contributed by atoms with E-state index >= 15 is 0 Å². The van der Waals surface area contributed by atoms with E-state index in [0.29, 0.717) is 33.2 Å². The fourth-order valence-electron chi connectivity index (χ4n) is 3.01. The van der Waals surface area contributed by atoms with E-state index in [2.05, 4.69) is 10.3 Å². The molecule has 1 aliphatic heterocycles. The second kappa shape index (κ2) is 8.19. The van der Waals surface area contributed by atoms with Crippen molar-refractivity contribution in [1.82, 2.24) is 4.98 Å². The van der Waals surface area contributed by atoms with E-state index < -0.39 is 5.97 Å². The SMILES string of the molecule is O=C([O-])c1cnc2c(Cl)c(Cl)ccc2c1NCCC[NH+]1CCOCC1. The molecular formula is C17H19Cl2N3O3. The van der Waals surface area contributed by atoms with Crippen LogP contribution in [0.2, 0.25) is 10.0 Å². The minimum absolute atomic E-state index is 0.0182. The Kier molecular flexibility index (Phi) is 5.96. The van der Waals surface area contributed by atoms with Crippen LogP contribution in [0.1, 0.15) is 16.8 Å². The molecule has 0 saturated carbocycles. The molecule has 2 aromatic rings. The number of rotatable bonds is 6. The summed E-state index contributed by atoms with van der Waals surface area (Å²) in [7, 11) is 0. The molecule has 3 rings (SSSR count). The molecule has 8 heteroatoms. The predicted octanol–water partition coefficient (Wildman–Crippen LogP) is 0.622. The molecule has 0 radical (unpaired) electrons. The van der Waals surface area contributed by atoms with Crippen molar-refractivity contribution in [2.45, 2.75) is 6.42 Å². The fraction of sp³-hybridized carbons (Fsp3) is 0.412. The maximum atomic E-state index is 11.4. The summed E-state index contributed by atoms with van der Waals surface area (Å²) in [6, 6.07) is 3.36. The number of carboxylic acids is 1. The van der Waals surface area contributed by atoms with Gasteiger partial charge in [0.1, 0.15) is 13.1 Å². The van der Waals surface area contributed by atoms with Crippen LogP contribution in [0.15, 0.2) is 18.3 Å². The van der Waals surface area contributed by atoms with Crippen molar-refractivity contribution in [2.24, 2.45) is 0 Å². The summed E-state index contributed by atoms with van der Waals surface area (Å²) in [5, 5.41) is 16.0. The number of ether oxygens (including phenoxy) is 1. The largest absolute Gasteiger partial charge is 0.545 e. The van der Waals surface area contributed by atoms with E-state index in [4.69, 9.17) is 27.9 Å². The normalized spacial score (nSPS) is 15.4. The van der Waals surface area contributed by atoms with Gasteiger partial charge >= 0.3 is 0 Å². The van der Waals surface area contributed by atoms with Crippen LogP contribution in [0.25, 0.3) is 10.9 Å². The molecule has 0 aliphatic carbocycles. The van der Waals surface area contributed by atoms with Crippen molar-refractivity contribution in [2.75, 3.05) is 44.7 Å². The van der Waals surface area contributed by atoms with Crippen LogP contribution in [-0.2, 0) is 4.74 Å². The van der Waals surface area contributed by atoms with Gasteiger partial charge in [0.15, 0.2) is 0 Å². The van der Waals surface area contributed by atoms with Crippen molar-refractivity contribution in [3.63, 3.8) is 0 Å². The molecule has 1 aromatic heterocycles. The smallest absolute Gasteiger partial charge is 0.101 e. The fourth-order valence-corrected chi connectivity index (χ4v) is 3.38. The highest BCUT2D eigenvalue weighted by molar-refractivity contribution is 6.45. The van der Waals surface area contributed by atoms with Crippen LogP contribution in [0.5, 0.6) is 0 Å². The molecule has 2 heterocycles. The number of halogens is 2. The number of carbonyl (C=O) groups is 1. The van der Waals surface area contributed by atoms with Gasteiger partial charge < -0.3 is 24.9 Å². The first kappa shape index (κ1) is 18.2. The number of hydrogen-bond donors (Lipinski definition) is 2. The number of hydrogen-bond acceptors (Lipinski definition) is 5. The van der Waals surface area contributed by atoms with Gasteiger partial charge in [-0.15, -0.1) is 0 Å². The second-order valence-electron chi connectivity index (χ2n) is 5.98. The van der Waals surface area contributed by atoms with Gasteiger partial charge in [0, 0.05) is 30.1 Å². The minimum atomic E-state index is -1.28. The molecule has 0 unspecified atom stereocenters. The molecule has 25 heavy (non-hydrogen) atoms. The monoisotopic (exact) mass is 383 g/mol. The van der Waals surface area contributed by atoms with Crippen LogP contribution in [0, 0.1) is 0 Å². The molecule has 0 spiro atoms. The van der Waals surface area contributed by atoms with E-state index in [1.165, 1.54) is 11.1 Å². The van der Waals surface area contributed by atoms with Gasteiger partial charge in [0.25, 0.3) is 0 Å². The summed E-state index contributed by atoms with van der Waals surface area (Å²) in [6.07, 6.45) is 2.17. The Bertz CT molecular complexity index is 779. The van der Waals surface area contributed by atoms with Gasteiger partial charge in [-0.2, -0.15) is 0 Å². The first-order chi connectivity index (χ1) is 12.1. The van der Waals surface area contributed by atoms with E-state index in [0.717, 1.165) is 39.3 Å². The number of carboxylic acid groups (broad SMARTS) is 1. The average molecular weight is 384 g/mol. The topological polar surface area (TPSA) is 78.7 Å². The number of pyridine rings is 1. The summed E-state index contributed by atoms with van der Waals surface area (Å²) >= 11 is 12.2. The lowest BCUT2D eigenvalue weighted by Crippen LogP contribution is -3.14. The molecule has 1 aromatic carbocycles. The number of anilines is 1. The zero-order chi connectivity index (χ0) is 17.8. The Labute approximate surface area is 155 Å². The first-order valence-corrected chi connectivity index (χ1v) is 8.96. The van der Waals surface area contributed by atoms with E-state index in [1.54, 1.807) is 12.1 Å². The van der Waals surface area contributed by atoms with E-state index in [1.807, 2.05) is 0 Å². The third-order valence-electron chi connectivity index (χ3n) is 4.36. The zero-order valence-corrected chi connectivity index (χ0v) is 15.1. The molecule has 0 atom stereocenters. The number of nitrogens with one attached hydrogen (secondary N) is 2. The number of aromatic carboxylic acids is 1. The minimum Gasteiger partial charge on any atom is -0.545 e. The molecule has 6 nitrogen and oxygen atoms in total. The van der Waals surface area contributed by atoms with Crippen LogP contribution in [0.4, 0.5) is 5.69 Å². The predicted molar refractivity (Wildman–Crippen MR) is 95.6 cm³/mol. The molecule has 1 saturated heterocycles. The molecule has 1 aliphatic rings. The van der Waals surface area contributed by atoms with Crippen molar-refractivity contribution in [3.05, 3.63) is 33.9 Å². The third-order valence-corrected chi connectivity index (χ3v) is 5.15. The van der Waals surface area contributed by atoms with Gasteiger partial charge in [0.2, 0.25) is 0 Å². The number of morpholine rings is 1. The van der Waals surface area contributed by atoms with Gasteiger partial charge in [0.05, 0.1) is 47.0 Å². The summed E-state index contributed by atoms with van der Waals surface area (Å²) < 4.78 is 5.35. The molecule has 1 fully saturated rings. The maximum absolute atomic E-state index is 11.4. The van der Waals surface area contributed by atoms with Gasteiger partial charge in [-0.05, 0) is 12.1 Å². The molecule has 0 bridgehead atoms. The zero-order valence-electron chi connectivity index (χ0n) is 13.6. The van der Waals surface area contributed by atoms with Gasteiger partial charge in [-0.25, -0.2) is 0 Å². The van der Waals surface area contributed by atoms with Crippen molar-refractivity contribution >= 4 is 45.8 Å². The Morgan fingerprint density at radius 2 is 2.08 bits per heavy atom. The molecule has 0 amide bonds. The molecule has 134 valence electrons. The maximum Gasteiger partial charge on any atom is 0.101 e. The van der Waals surface area contributed by atoms with Gasteiger partial charge in [-0.3, -0.25) is 4.98 Å². The highest BCUT2D eigenvalue weighted by atomic mass is 35.5. The Morgan fingerprint density at radius 1 is 1.32 bits per heavy atom. The van der Waals surface area contributed by atoms with Crippen LogP contribution < -0.4 is 15.3 Å². The summed E-state index contributed by atoms with van der Waals surface area (Å²) in [6.45, 7) is 5.27. The van der Waals surface area contributed by atoms with Crippen LogP contribution in [-0.4, -0.2) is 50.3 Å². The van der Waals surface area contributed by atoms with Crippen molar-refractivity contribution in [3.8, 4) is 0 Å². The number of aromatic nitrogens is 1.